The van der Waals surface area contributed by atoms with Crippen molar-refractivity contribution in [3.8, 4) is 0 Å². The molecule has 0 aliphatic heterocycles. The Kier molecular flexibility index (Phi) is 8.41. The highest BCUT2D eigenvalue weighted by Gasteiger charge is 2.24. The van der Waals surface area contributed by atoms with E-state index in [2.05, 4.69) is 17.0 Å². The van der Waals surface area contributed by atoms with Gasteiger partial charge in [0.1, 0.15) is 12.1 Å². The van der Waals surface area contributed by atoms with E-state index >= 15 is 0 Å². The quantitative estimate of drug-likeness (QED) is 0.675. The molecule has 0 N–H and O–H groups in total. The number of rotatable bonds is 8. The number of esters is 1. The van der Waals surface area contributed by atoms with Crippen LogP contribution in [0.5, 0.6) is 0 Å². The van der Waals surface area contributed by atoms with E-state index in [1.54, 1.807) is 27.7 Å². The number of amides is 1. The van der Waals surface area contributed by atoms with Gasteiger partial charge in [-0.1, -0.05) is 30.3 Å². The van der Waals surface area contributed by atoms with E-state index in [1.807, 2.05) is 25.2 Å². The van der Waals surface area contributed by atoms with Crippen molar-refractivity contribution in [3.05, 3.63) is 35.9 Å². The summed E-state index contributed by atoms with van der Waals surface area (Å²) in [5.74, 6) is -0.431. The van der Waals surface area contributed by atoms with Crippen LogP contribution in [0.4, 0.5) is 4.79 Å². The summed E-state index contributed by atoms with van der Waals surface area (Å²) in [5.41, 5.74) is 0.583. The third-order valence-corrected chi connectivity index (χ3v) is 3.32. The molecule has 140 valence electrons. The van der Waals surface area contributed by atoms with Crippen LogP contribution in [0.3, 0.4) is 0 Å². The van der Waals surface area contributed by atoms with Gasteiger partial charge in [0.05, 0.1) is 6.61 Å². The second-order valence-electron chi connectivity index (χ2n) is 6.93. The standard InChI is InChI=1S/C19H30N2O4/c1-6-24-17(22)15-21(18(23)25-19(2,3)4)13-12-20(5)14-16-10-8-7-9-11-16/h7-11H,6,12-15H2,1-5H3. The van der Waals surface area contributed by atoms with Crippen molar-refractivity contribution >= 4 is 12.1 Å². The number of carbonyl (C=O) groups is 2. The third kappa shape index (κ3) is 9.10. The summed E-state index contributed by atoms with van der Waals surface area (Å²) in [6.45, 7) is 9.09. The van der Waals surface area contributed by atoms with Crippen LogP contribution in [0.15, 0.2) is 30.3 Å². The molecule has 0 saturated carbocycles. The summed E-state index contributed by atoms with van der Waals surface area (Å²) in [6.07, 6.45) is -0.506. The minimum absolute atomic E-state index is 0.109. The summed E-state index contributed by atoms with van der Waals surface area (Å²) in [4.78, 5) is 27.6. The van der Waals surface area contributed by atoms with Crippen LogP contribution in [0, 0.1) is 0 Å². The zero-order valence-corrected chi connectivity index (χ0v) is 15.9. The monoisotopic (exact) mass is 350 g/mol. The average molecular weight is 350 g/mol. The lowest BCUT2D eigenvalue weighted by molar-refractivity contribution is -0.144. The van der Waals surface area contributed by atoms with Gasteiger partial charge in [0.25, 0.3) is 0 Å². The molecular formula is C19H30N2O4. The van der Waals surface area contributed by atoms with Crippen LogP contribution >= 0.6 is 0 Å². The molecule has 1 aromatic rings. The number of carbonyl (C=O) groups excluding carboxylic acids is 2. The van der Waals surface area contributed by atoms with Crippen LogP contribution in [0.25, 0.3) is 0 Å². The number of likely N-dealkylation sites (N-methyl/N-ethyl adjacent to an activating group) is 1. The van der Waals surface area contributed by atoms with E-state index in [0.29, 0.717) is 13.1 Å². The van der Waals surface area contributed by atoms with Crippen molar-refractivity contribution in [1.29, 1.82) is 0 Å². The summed E-state index contributed by atoms with van der Waals surface area (Å²) in [5, 5.41) is 0. The first kappa shape index (κ1) is 21.0. The predicted molar refractivity (Wildman–Crippen MR) is 97.2 cm³/mol. The van der Waals surface area contributed by atoms with Crippen molar-refractivity contribution in [2.45, 2.75) is 39.8 Å². The normalized spacial score (nSPS) is 11.3. The van der Waals surface area contributed by atoms with Gasteiger partial charge < -0.3 is 14.4 Å². The summed E-state index contributed by atoms with van der Waals surface area (Å²) in [6, 6.07) is 10.1. The van der Waals surface area contributed by atoms with Gasteiger partial charge in [0.15, 0.2) is 0 Å². The van der Waals surface area contributed by atoms with Crippen LogP contribution < -0.4 is 0 Å². The number of hydrogen-bond donors (Lipinski definition) is 0. The Morgan fingerprint density at radius 3 is 2.28 bits per heavy atom. The minimum atomic E-state index is -0.611. The van der Waals surface area contributed by atoms with Gasteiger partial charge in [-0.05, 0) is 40.3 Å². The third-order valence-electron chi connectivity index (χ3n) is 3.32. The van der Waals surface area contributed by atoms with E-state index in [0.717, 1.165) is 6.54 Å². The predicted octanol–water partition coefficient (Wildman–Crippen LogP) is 2.92. The topological polar surface area (TPSA) is 59.1 Å². The Morgan fingerprint density at radius 1 is 1.08 bits per heavy atom. The molecule has 0 unspecified atom stereocenters. The molecule has 0 fully saturated rings. The molecule has 0 radical (unpaired) electrons. The molecule has 1 aromatic carbocycles. The van der Waals surface area contributed by atoms with E-state index in [4.69, 9.17) is 9.47 Å². The lowest BCUT2D eigenvalue weighted by Crippen LogP contribution is -2.43. The Bertz CT molecular complexity index is 540. The second kappa shape index (κ2) is 10.0. The van der Waals surface area contributed by atoms with E-state index in [1.165, 1.54) is 10.5 Å². The highest BCUT2D eigenvalue weighted by molar-refractivity contribution is 5.78. The van der Waals surface area contributed by atoms with E-state index in [-0.39, 0.29) is 13.2 Å². The maximum atomic E-state index is 12.3. The Morgan fingerprint density at radius 2 is 1.72 bits per heavy atom. The molecule has 25 heavy (non-hydrogen) atoms. The fourth-order valence-electron chi connectivity index (χ4n) is 2.19. The fraction of sp³-hybridized carbons (Fsp3) is 0.579. The zero-order chi connectivity index (χ0) is 18.9. The first-order valence-corrected chi connectivity index (χ1v) is 8.57. The molecule has 0 atom stereocenters. The fourth-order valence-corrected chi connectivity index (χ4v) is 2.19. The molecule has 0 bridgehead atoms. The highest BCUT2D eigenvalue weighted by Crippen LogP contribution is 2.10. The first-order chi connectivity index (χ1) is 11.7. The highest BCUT2D eigenvalue weighted by atomic mass is 16.6. The van der Waals surface area contributed by atoms with Crippen molar-refractivity contribution in [2.24, 2.45) is 0 Å². The molecule has 1 amide bonds. The molecular weight excluding hydrogens is 320 g/mol. The molecule has 0 spiro atoms. The van der Waals surface area contributed by atoms with Gasteiger partial charge >= 0.3 is 12.1 Å². The summed E-state index contributed by atoms with van der Waals surface area (Å²) >= 11 is 0. The molecule has 6 nitrogen and oxygen atoms in total. The molecule has 0 heterocycles. The van der Waals surface area contributed by atoms with Gasteiger partial charge in [-0.3, -0.25) is 9.69 Å². The number of benzene rings is 1. The largest absolute Gasteiger partial charge is 0.465 e. The van der Waals surface area contributed by atoms with Crippen LogP contribution in [0.1, 0.15) is 33.3 Å². The van der Waals surface area contributed by atoms with E-state index in [9.17, 15) is 9.59 Å². The number of ether oxygens (including phenoxy) is 2. The summed E-state index contributed by atoms with van der Waals surface area (Å²) in [7, 11) is 1.98. The minimum Gasteiger partial charge on any atom is -0.465 e. The second-order valence-corrected chi connectivity index (χ2v) is 6.93. The number of hydrogen-bond acceptors (Lipinski definition) is 5. The molecule has 6 heteroatoms. The Labute approximate surface area is 150 Å². The molecule has 1 rings (SSSR count). The Hall–Kier alpha value is -2.08. The van der Waals surface area contributed by atoms with Crippen LogP contribution in [-0.2, 0) is 20.8 Å². The average Bonchev–Trinajstić information content (AvgIpc) is 2.51. The number of nitrogens with zero attached hydrogens (tertiary/aromatic N) is 2. The zero-order valence-electron chi connectivity index (χ0n) is 15.9. The van der Waals surface area contributed by atoms with Gasteiger partial charge in [0, 0.05) is 19.6 Å². The van der Waals surface area contributed by atoms with Crippen LogP contribution in [-0.4, -0.2) is 60.8 Å². The van der Waals surface area contributed by atoms with Crippen LogP contribution in [0.2, 0.25) is 0 Å². The first-order valence-electron chi connectivity index (χ1n) is 8.57. The SMILES string of the molecule is CCOC(=O)CN(CCN(C)Cc1ccccc1)C(=O)OC(C)(C)C. The van der Waals surface area contributed by atoms with Gasteiger partial charge in [-0.2, -0.15) is 0 Å². The lowest BCUT2D eigenvalue weighted by atomic mass is 10.2. The maximum absolute atomic E-state index is 12.3. The van der Waals surface area contributed by atoms with Crippen molar-refractivity contribution < 1.29 is 19.1 Å². The van der Waals surface area contributed by atoms with Gasteiger partial charge in [-0.15, -0.1) is 0 Å². The summed E-state index contributed by atoms with van der Waals surface area (Å²) < 4.78 is 10.3. The van der Waals surface area contributed by atoms with Crippen molar-refractivity contribution in [1.82, 2.24) is 9.80 Å². The molecule has 0 aliphatic rings. The molecule has 0 aromatic heterocycles. The van der Waals surface area contributed by atoms with Crippen molar-refractivity contribution in [2.75, 3.05) is 33.3 Å². The lowest BCUT2D eigenvalue weighted by Gasteiger charge is -2.28. The van der Waals surface area contributed by atoms with Crippen molar-refractivity contribution in [3.63, 3.8) is 0 Å². The molecule has 0 aliphatic carbocycles. The molecule has 0 saturated heterocycles. The Balaban J connectivity index is 2.62. The van der Waals surface area contributed by atoms with Gasteiger partial charge in [0.2, 0.25) is 0 Å². The smallest absolute Gasteiger partial charge is 0.410 e. The maximum Gasteiger partial charge on any atom is 0.410 e. The van der Waals surface area contributed by atoms with E-state index < -0.39 is 17.7 Å². The van der Waals surface area contributed by atoms with Gasteiger partial charge in [-0.25, -0.2) is 4.79 Å².